The Bertz CT molecular complexity index is 728. The van der Waals surface area contributed by atoms with Gasteiger partial charge in [0.15, 0.2) is 12.4 Å². The summed E-state index contributed by atoms with van der Waals surface area (Å²) in [5.41, 5.74) is 2.51. The lowest BCUT2D eigenvalue weighted by atomic mass is 10.1. The van der Waals surface area contributed by atoms with E-state index in [4.69, 9.17) is 9.26 Å². The minimum Gasteiger partial charge on any atom is -0.456 e. The molecule has 0 saturated heterocycles. The van der Waals surface area contributed by atoms with Crippen molar-refractivity contribution >= 4 is 17.6 Å². The molecule has 0 fully saturated rings. The van der Waals surface area contributed by atoms with Crippen LogP contribution in [0.4, 0.5) is 0 Å². The van der Waals surface area contributed by atoms with Crippen LogP contribution in [0.15, 0.2) is 41.4 Å². The van der Waals surface area contributed by atoms with Gasteiger partial charge in [-0.1, -0.05) is 29.9 Å². The Balaban J connectivity index is 1.63. The summed E-state index contributed by atoms with van der Waals surface area (Å²) in [4.78, 5) is 25.5. The maximum absolute atomic E-state index is 12.2. The number of nitrogens with zero attached hydrogens (tertiary/aromatic N) is 2. The van der Waals surface area contributed by atoms with E-state index in [0.717, 1.165) is 5.56 Å². The van der Waals surface area contributed by atoms with Gasteiger partial charge in [0, 0.05) is 22.9 Å². The number of rotatable bonds is 4. The Labute approximate surface area is 127 Å². The highest BCUT2D eigenvalue weighted by Crippen LogP contribution is 2.30. The lowest BCUT2D eigenvalue weighted by Gasteiger charge is -2.15. The topological polar surface area (TPSA) is 72.6 Å². The summed E-state index contributed by atoms with van der Waals surface area (Å²) < 4.78 is 10.0. The second-order valence-corrected chi connectivity index (χ2v) is 4.98. The number of fused-ring (bicyclic) bond motifs is 1. The van der Waals surface area contributed by atoms with Crippen LogP contribution in [0.3, 0.4) is 0 Å². The Morgan fingerprint density at radius 1 is 1.36 bits per heavy atom. The molecule has 0 unspecified atom stereocenters. The normalized spacial score (nSPS) is 13.4. The SMILES string of the molecule is C=C1c2ccccc2C(=O)N1CC(=O)OCc1cc(C)no1. The van der Waals surface area contributed by atoms with Crippen LogP contribution >= 0.6 is 0 Å². The van der Waals surface area contributed by atoms with Crippen LogP contribution in [0.5, 0.6) is 0 Å². The molecule has 2 heterocycles. The number of hydrogen-bond donors (Lipinski definition) is 0. The van der Waals surface area contributed by atoms with Crippen molar-refractivity contribution in [1.82, 2.24) is 10.1 Å². The first kappa shape index (κ1) is 14.1. The fourth-order valence-electron chi connectivity index (χ4n) is 2.31. The third kappa shape index (κ3) is 2.50. The molecule has 0 N–H and O–H groups in total. The summed E-state index contributed by atoms with van der Waals surface area (Å²) in [5.74, 6) is -0.315. The van der Waals surface area contributed by atoms with Gasteiger partial charge in [-0.15, -0.1) is 0 Å². The van der Waals surface area contributed by atoms with E-state index < -0.39 is 5.97 Å². The van der Waals surface area contributed by atoms with Crippen molar-refractivity contribution in [2.45, 2.75) is 13.5 Å². The molecule has 22 heavy (non-hydrogen) atoms. The summed E-state index contributed by atoms with van der Waals surface area (Å²) in [6.07, 6.45) is 0. The second kappa shape index (κ2) is 5.48. The number of carbonyl (C=O) groups excluding carboxylic acids is 2. The van der Waals surface area contributed by atoms with Crippen molar-refractivity contribution in [3.8, 4) is 0 Å². The molecule has 0 saturated carbocycles. The quantitative estimate of drug-likeness (QED) is 0.809. The highest BCUT2D eigenvalue weighted by Gasteiger charge is 2.32. The third-order valence-corrected chi connectivity index (χ3v) is 3.38. The standard InChI is InChI=1S/C16H14N2O4/c1-10-7-12(22-17-10)9-21-15(19)8-18-11(2)13-5-3-4-6-14(13)16(18)20/h3-7H,2,8-9H2,1H3. The van der Waals surface area contributed by atoms with Crippen molar-refractivity contribution < 1.29 is 18.8 Å². The molecule has 0 bridgehead atoms. The van der Waals surface area contributed by atoms with Crippen LogP contribution in [-0.2, 0) is 16.1 Å². The van der Waals surface area contributed by atoms with E-state index in [9.17, 15) is 9.59 Å². The van der Waals surface area contributed by atoms with Gasteiger partial charge < -0.3 is 9.26 Å². The van der Waals surface area contributed by atoms with Crippen LogP contribution in [-0.4, -0.2) is 28.5 Å². The molecule has 6 heteroatoms. The average Bonchev–Trinajstić information content (AvgIpc) is 3.03. The van der Waals surface area contributed by atoms with E-state index in [1.807, 2.05) is 6.07 Å². The minimum absolute atomic E-state index is 0.0128. The maximum atomic E-state index is 12.2. The number of amides is 1. The van der Waals surface area contributed by atoms with Crippen molar-refractivity contribution in [2.24, 2.45) is 0 Å². The highest BCUT2D eigenvalue weighted by molar-refractivity contribution is 6.10. The van der Waals surface area contributed by atoms with E-state index in [2.05, 4.69) is 11.7 Å². The first-order valence-corrected chi connectivity index (χ1v) is 6.74. The number of hydrogen-bond acceptors (Lipinski definition) is 5. The van der Waals surface area contributed by atoms with Crippen LogP contribution in [0.2, 0.25) is 0 Å². The van der Waals surface area contributed by atoms with Gasteiger partial charge in [-0.25, -0.2) is 0 Å². The van der Waals surface area contributed by atoms with Crippen LogP contribution in [0.1, 0.15) is 27.4 Å². The van der Waals surface area contributed by atoms with Gasteiger partial charge in [-0.2, -0.15) is 0 Å². The molecule has 0 atom stereocenters. The minimum atomic E-state index is -0.531. The zero-order valence-electron chi connectivity index (χ0n) is 12.0. The van der Waals surface area contributed by atoms with Crippen LogP contribution in [0, 0.1) is 6.92 Å². The molecule has 3 rings (SSSR count). The Hall–Kier alpha value is -2.89. The molecular formula is C16H14N2O4. The molecule has 112 valence electrons. The zero-order valence-corrected chi connectivity index (χ0v) is 12.0. The van der Waals surface area contributed by atoms with Gasteiger partial charge in [-0.05, 0) is 13.0 Å². The number of ether oxygens (including phenoxy) is 1. The molecule has 1 aromatic carbocycles. The summed E-state index contributed by atoms with van der Waals surface area (Å²) in [6.45, 7) is 5.45. The highest BCUT2D eigenvalue weighted by atomic mass is 16.5. The molecule has 2 aromatic rings. The van der Waals surface area contributed by atoms with Crippen molar-refractivity contribution in [2.75, 3.05) is 6.54 Å². The lowest BCUT2D eigenvalue weighted by Crippen LogP contribution is -2.30. The summed E-state index contributed by atoms with van der Waals surface area (Å²) in [5, 5.41) is 3.70. The van der Waals surface area contributed by atoms with Gasteiger partial charge in [0.1, 0.15) is 6.54 Å². The number of aryl methyl sites for hydroxylation is 1. The zero-order chi connectivity index (χ0) is 15.7. The van der Waals surface area contributed by atoms with E-state index in [-0.39, 0.29) is 19.1 Å². The predicted octanol–water partition coefficient (Wildman–Crippen LogP) is 2.15. The van der Waals surface area contributed by atoms with Gasteiger partial charge in [-0.3, -0.25) is 14.5 Å². The molecule has 0 aliphatic carbocycles. The van der Waals surface area contributed by atoms with E-state index >= 15 is 0 Å². The fraction of sp³-hybridized carbons (Fsp3) is 0.188. The predicted molar refractivity (Wildman–Crippen MR) is 77.5 cm³/mol. The average molecular weight is 298 g/mol. The Kier molecular flexibility index (Phi) is 3.50. The molecule has 1 amide bonds. The number of esters is 1. The van der Waals surface area contributed by atoms with Crippen LogP contribution < -0.4 is 0 Å². The van der Waals surface area contributed by atoms with Crippen molar-refractivity contribution in [3.63, 3.8) is 0 Å². The molecule has 1 aliphatic heterocycles. The maximum Gasteiger partial charge on any atom is 0.326 e. The number of benzene rings is 1. The summed E-state index contributed by atoms with van der Waals surface area (Å²) >= 11 is 0. The monoisotopic (exact) mass is 298 g/mol. The molecular weight excluding hydrogens is 284 g/mol. The van der Waals surface area contributed by atoms with Crippen molar-refractivity contribution in [3.05, 3.63) is 59.5 Å². The summed E-state index contributed by atoms with van der Waals surface area (Å²) in [6, 6.07) is 8.80. The fourth-order valence-corrected chi connectivity index (χ4v) is 2.31. The third-order valence-electron chi connectivity index (χ3n) is 3.38. The van der Waals surface area contributed by atoms with Crippen LogP contribution in [0.25, 0.3) is 5.70 Å². The lowest BCUT2D eigenvalue weighted by molar-refractivity contribution is -0.145. The first-order valence-electron chi connectivity index (χ1n) is 6.74. The van der Waals surface area contributed by atoms with Crippen molar-refractivity contribution in [1.29, 1.82) is 0 Å². The Morgan fingerprint density at radius 2 is 2.09 bits per heavy atom. The van der Waals surface area contributed by atoms with E-state index in [1.165, 1.54) is 4.90 Å². The van der Waals surface area contributed by atoms with Gasteiger partial charge in [0.25, 0.3) is 5.91 Å². The van der Waals surface area contributed by atoms with Gasteiger partial charge >= 0.3 is 5.97 Å². The number of carbonyl (C=O) groups is 2. The molecule has 1 aliphatic rings. The number of aromatic nitrogens is 1. The molecule has 0 radical (unpaired) electrons. The molecule has 1 aromatic heterocycles. The van der Waals surface area contributed by atoms with E-state index in [1.54, 1.807) is 31.2 Å². The van der Waals surface area contributed by atoms with Gasteiger partial charge in [0.05, 0.1) is 5.69 Å². The largest absolute Gasteiger partial charge is 0.456 e. The molecule has 0 spiro atoms. The molecule has 6 nitrogen and oxygen atoms in total. The summed E-state index contributed by atoms with van der Waals surface area (Å²) in [7, 11) is 0. The first-order chi connectivity index (χ1) is 10.6. The smallest absolute Gasteiger partial charge is 0.326 e. The second-order valence-electron chi connectivity index (χ2n) is 4.98. The van der Waals surface area contributed by atoms with Gasteiger partial charge in [0.2, 0.25) is 0 Å². The Morgan fingerprint density at radius 3 is 2.73 bits per heavy atom. The van der Waals surface area contributed by atoms with E-state index in [0.29, 0.717) is 22.7 Å².